The first-order valence-electron chi connectivity index (χ1n) is 18.9. The number of ether oxygens (including phenoxy) is 2. The third kappa shape index (κ3) is 3.27. The fourth-order valence-electron chi connectivity index (χ4n) is 11.7. The van der Waals surface area contributed by atoms with E-state index in [1.807, 2.05) is 78.9 Å². The van der Waals surface area contributed by atoms with Gasteiger partial charge in [0.05, 0.1) is 17.8 Å². The summed E-state index contributed by atoms with van der Waals surface area (Å²) in [6.07, 6.45) is 4.18. The number of ketones is 2. The molecule has 6 aromatic carbocycles. The molecular formula is C50H34O4. The standard InChI is InChI=1S/C50H34O4/c51-45-40-30-29-35-41(43(45)49(33-21-9-3-10-22-33)37-26-14-13-25-36(37)47(40,53-49)31-17-5-1-6-18-31)46(52)44-42(35)48(32-19-7-2-8-20-32)38-27-15-16-28-39(38)50(44,54-48)34-23-11-4-12-24-34/h1-30,40,42-44H/t40-,42-,43+,44-,47+,48-,49-,50+/m1/s1. The molecule has 4 heterocycles. The minimum Gasteiger partial charge on any atom is -0.348 e. The molecule has 258 valence electrons. The van der Waals surface area contributed by atoms with Gasteiger partial charge in [0.2, 0.25) is 0 Å². The van der Waals surface area contributed by atoms with Gasteiger partial charge in [0.1, 0.15) is 22.4 Å². The van der Waals surface area contributed by atoms with Crippen LogP contribution in [-0.4, -0.2) is 11.6 Å². The Morgan fingerprint density at radius 2 is 0.778 bits per heavy atom. The fourth-order valence-corrected chi connectivity index (χ4v) is 11.7. The lowest BCUT2D eigenvalue weighted by Gasteiger charge is -2.49. The molecule has 2 fully saturated rings. The first kappa shape index (κ1) is 30.5. The lowest BCUT2D eigenvalue weighted by Crippen LogP contribution is -2.56. The van der Waals surface area contributed by atoms with Crippen LogP contribution < -0.4 is 0 Å². The Bertz CT molecular complexity index is 2630. The van der Waals surface area contributed by atoms with Crippen molar-refractivity contribution in [2.45, 2.75) is 22.4 Å². The van der Waals surface area contributed by atoms with Crippen molar-refractivity contribution in [3.63, 3.8) is 0 Å². The van der Waals surface area contributed by atoms with Crippen LogP contribution >= 0.6 is 0 Å². The van der Waals surface area contributed by atoms with Gasteiger partial charge in [-0.05, 0) is 50.1 Å². The summed E-state index contributed by atoms with van der Waals surface area (Å²) in [7, 11) is 0. The van der Waals surface area contributed by atoms with Crippen LogP contribution in [0.3, 0.4) is 0 Å². The van der Waals surface area contributed by atoms with Crippen molar-refractivity contribution in [2.24, 2.45) is 23.7 Å². The zero-order chi connectivity index (χ0) is 35.9. The first-order chi connectivity index (χ1) is 26.6. The van der Waals surface area contributed by atoms with Gasteiger partial charge in [-0.2, -0.15) is 0 Å². The highest BCUT2D eigenvalue weighted by Crippen LogP contribution is 2.75. The van der Waals surface area contributed by atoms with Crippen LogP contribution in [0.15, 0.2) is 193 Å². The predicted octanol–water partition coefficient (Wildman–Crippen LogP) is 8.93. The molecule has 12 rings (SSSR count). The largest absolute Gasteiger partial charge is 0.348 e. The van der Waals surface area contributed by atoms with Gasteiger partial charge in [-0.25, -0.2) is 0 Å². The summed E-state index contributed by atoms with van der Waals surface area (Å²) >= 11 is 0. The molecule has 0 spiro atoms. The van der Waals surface area contributed by atoms with Gasteiger partial charge in [0.15, 0.2) is 11.6 Å². The molecule has 0 N–H and O–H groups in total. The molecule has 4 heteroatoms. The van der Waals surface area contributed by atoms with Crippen molar-refractivity contribution in [3.05, 3.63) is 238 Å². The SMILES string of the molecule is O=C1[C@@H]2C3=C(C=C[C@H]1[C@@]1(c4ccccc4)O[C@]2(c2ccccc2)c2ccccc21)[C@@H]1[C@H](C3=O)[C@@]2(c3ccccc3)O[C@]1(c1ccccc1)c1ccccc12. The molecule has 0 amide bonds. The number of benzene rings is 6. The van der Waals surface area contributed by atoms with Crippen molar-refractivity contribution < 1.29 is 19.1 Å². The van der Waals surface area contributed by atoms with Crippen molar-refractivity contribution in [2.75, 3.05) is 0 Å². The monoisotopic (exact) mass is 698 g/mol. The van der Waals surface area contributed by atoms with Crippen LogP contribution in [0.4, 0.5) is 0 Å². The Labute approximate surface area is 313 Å². The Morgan fingerprint density at radius 1 is 0.407 bits per heavy atom. The Kier molecular flexibility index (Phi) is 5.87. The number of hydrogen-bond acceptors (Lipinski definition) is 4. The topological polar surface area (TPSA) is 52.6 Å². The number of allylic oxidation sites excluding steroid dienone is 1. The molecular weight excluding hydrogens is 665 g/mol. The summed E-state index contributed by atoms with van der Waals surface area (Å²) in [5.41, 5.74) is 4.74. The summed E-state index contributed by atoms with van der Waals surface area (Å²) in [6.45, 7) is 0. The summed E-state index contributed by atoms with van der Waals surface area (Å²) in [6, 6.07) is 57.6. The van der Waals surface area contributed by atoms with Gasteiger partial charge in [-0.15, -0.1) is 0 Å². The Balaban J connectivity index is 1.20. The average molecular weight is 699 g/mol. The second-order valence-corrected chi connectivity index (χ2v) is 15.6. The van der Waals surface area contributed by atoms with Crippen LogP contribution in [0.25, 0.3) is 0 Å². The van der Waals surface area contributed by atoms with Gasteiger partial charge < -0.3 is 9.47 Å². The van der Waals surface area contributed by atoms with E-state index in [1.54, 1.807) is 0 Å². The third-order valence-corrected chi connectivity index (χ3v) is 13.5. The summed E-state index contributed by atoms with van der Waals surface area (Å²) in [4.78, 5) is 32.0. The predicted molar refractivity (Wildman–Crippen MR) is 204 cm³/mol. The van der Waals surface area contributed by atoms with Crippen LogP contribution in [0.1, 0.15) is 44.5 Å². The molecule has 54 heavy (non-hydrogen) atoms. The van der Waals surface area contributed by atoms with Gasteiger partial charge in [-0.3, -0.25) is 9.59 Å². The van der Waals surface area contributed by atoms with E-state index in [0.717, 1.165) is 50.1 Å². The molecule has 4 aliphatic heterocycles. The smallest absolute Gasteiger partial charge is 0.167 e. The molecule has 0 aromatic heterocycles. The number of Topliss-reactive ketones (excluding diaryl/α,β-unsaturated/α-hetero) is 2. The maximum absolute atomic E-state index is 16.1. The fraction of sp³-hybridized carbons (Fsp3) is 0.160. The number of fused-ring (bicyclic) bond motifs is 19. The van der Waals surface area contributed by atoms with Gasteiger partial charge in [-0.1, -0.05) is 182 Å². The first-order valence-corrected chi connectivity index (χ1v) is 18.9. The van der Waals surface area contributed by atoms with Crippen molar-refractivity contribution >= 4 is 11.6 Å². The summed E-state index contributed by atoms with van der Waals surface area (Å²) < 4.78 is 15.4. The second kappa shape index (κ2) is 10.4. The highest BCUT2D eigenvalue weighted by Gasteiger charge is 2.78. The molecule has 6 bridgehead atoms. The molecule has 0 unspecified atom stereocenters. The maximum Gasteiger partial charge on any atom is 0.167 e. The average Bonchev–Trinajstić information content (AvgIpc) is 3.90. The molecule has 4 nitrogen and oxygen atoms in total. The molecule has 6 aliphatic rings. The van der Waals surface area contributed by atoms with E-state index in [4.69, 9.17) is 9.47 Å². The van der Waals surface area contributed by atoms with E-state index >= 15 is 9.59 Å². The highest BCUT2D eigenvalue weighted by atomic mass is 16.5. The van der Waals surface area contributed by atoms with E-state index in [-0.39, 0.29) is 11.6 Å². The number of carbonyl (C=O) groups excluding carboxylic acids is 2. The molecule has 0 saturated carbocycles. The van der Waals surface area contributed by atoms with E-state index in [9.17, 15) is 0 Å². The summed E-state index contributed by atoms with van der Waals surface area (Å²) in [5, 5.41) is 0. The van der Waals surface area contributed by atoms with E-state index < -0.39 is 46.1 Å². The Hall–Kier alpha value is -5.94. The molecule has 2 aliphatic carbocycles. The lowest BCUT2D eigenvalue weighted by molar-refractivity contribution is -0.186. The van der Waals surface area contributed by atoms with Crippen LogP contribution in [0.2, 0.25) is 0 Å². The van der Waals surface area contributed by atoms with Gasteiger partial charge >= 0.3 is 0 Å². The number of hydrogen-bond donors (Lipinski definition) is 0. The van der Waals surface area contributed by atoms with Gasteiger partial charge in [0.25, 0.3) is 0 Å². The quantitative estimate of drug-likeness (QED) is 0.185. The van der Waals surface area contributed by atoms with Crippen LogP contribution in [0.5, 0.6) is 0 Å². The van der Waals surface area contributed by atoms with Crippen LogP contribution in [0, 0.1) is 23.7 Å². The normalized spacial score (nSPS) is 33.3. The van der Waals surface area contributed by atoms with E-state index in [0.29, 0.717) is 5.57 Å². The lowest BCUT2D eigenvalue weighted by atomic mass is 9.59. The molecule has 8 atom stereocenters. The minimum absolute atomic E-state index is 0.00744. The van der Waals surface area contributed by atoms with Gasteiger partial charge in [0, 0.05) is 11.5 Å². The van der Waals surface area contributed by atoms with Crippen molar-refractivity contribution in [3.8, 4) is 0 Å². The minimum atomic E-state index is -1.26. The number of rotatable bonds is 4. The van der Waals surface area contributed by atoms with E-state index in [2.05, 4.69) is 103 Å². The number of carbonyl (C=O) groups is 2. The highest BCUT2D eigenvalue weighted by molar-refractivity contribution is 6.11. The van der Waals surface area contributed by atoms with E-state index in [1.165, 1.54) is 0 Å². The second-order valence-electron chi connectivity index (χ2n) is 15.6. The molecule has 2 saturated heterocycles. The summed E-state index contributed by atoms with van der Waals surface area (Å²) in [5.74, 6) is -2.60. The van der Waals surface area contributed by atoms with Crippen molar-refractivity contribution in [1.82, 2.24) is 0 Å². The van der Waals surface area contributed by atoms with Crippen molar-refractivity contribution in [1.29, 1.82) is 0 Å². The molecule has 6 aromatic rings. The zero-order valence-electron chi connectivity index (χ0n) is 29.3. The zero-order valence-corrected chi connectivity index (χ0v) is 29.3. The molecule has 0 radical (unpaired) electrons. The third-order valence-electron chi connectivity index (χ3n) is 13.5. The maximum atomic E-state index is 16.1. The van der Waals surface area contributed by atoms with Crippen LogP contribution in [-0.2, 0) is 41.5 Å². The Morgan fingerprint density at radius 3 is 1.28 bits per heavy atom.